The summed E-state index contributed by atoms with van der Waals surface area (Å²) in [6.07, 6.45) is 2.57. The van der Waals surface area contributed by atoms with E-state index in [1.165, 1.54) is 18.2 Å². The number of carbonyl (C=O) groups excluding carboxylic acids is 2. The fraction of sp³-hybridized carbons (Fsp3) is 0.111. The fourth-order valence-corrected chi connectivity index (χ4v) is 2.33. The molecule has 1 aliphatic heterocycles. The minimum Gasteiger partial charge on any atom is -0.482 e. The lowest BCUT2D eigenvalue weighted by Crippen LogP contribution is -2.25. The Hall–Kier alpha value is -3.42. The van der Waals surface area contributed by atoms with Gasteiger partial charge in [0.25, 0.3) is 5.91 Å². The zero-order valence-corrected chi connectivity index (χ0v) is 13.4. The number of halogens is 2. The van der Waals surface area contributed by atoms with E-state index < -0.39 is 12.5 Å². The molecule has 2 N–H and O–H groups in total. The molecule has 0 atom stereocenters. The summed E-state index contributed by atoms with van der Waals surface area (Å²) in [6, 6.07) is 10.9. The Morgan fingerprint density at radius 2 is 2.08 bits per heavy atom. The lowest BCUT2D eigenvalue weighted by molar-refractivity contribution is -0.118. The van der Waals surface area contributed by atoms with Crippen molar-refractivity contribution in [3.63, 3.8) is 0 Å². The van der Waals surface area contributed by atoms with Crippen LogP contribution in [0.15, 0.2) is 48.5 Å². The molecule has 0 fully saturated rings. The Kier molecular flexibility index (Phi) is 5.12. The molecule has 0 saturated heterocycles. The van der Waals surface area contributed by atoms with Gasteiger partial charge in [-0.15, -0.1) is 0 Å². The van der Waals surface area contributed by atoms with E-state index in [0.717, 1.165) is 0 Å². The second-order valence-corrected chi connectivity index (χ2v) is 5.29. The van der Waals surface area contributed by atoms with E-state index in [1.54, 1.807) is 36.4 Å². The summed E-state index contributed by atoms with van der Waals surface area (Å²) in [7, 11) is 0. The van der Waals surface area contributed by atoms with Crippen molar-refractivity contribution >= 4 is 29.3 Å². The molecule has 0 radical (unpaired) electrons. The van der Waals surface area contributed by atoms with Crippen molar-refractivity contribution in [2.24, 2.45) is 0 Å². The first-order valence-electron chi connectivity index (χ1n) is 7.61. The lowest BCUT2D eigenvalue weighted by Gasteiger charge is -2.18. The Balaban J connectivity index is 1.69. The molecule has 1 aliphatic rings. The van der Waals surface area contributed by atoms with Crippen molar-refractivity contribution < 1.29 is 27.8 Å². The van der Waals surface area contributed by atoms with E-state index >= 15 is 0 Å². The molecule has 0 aliphatic carbocycles. The van der Waals surface area contributed by atoms with Crippen LogP contribution in [0.2, 0.25) is 0 Å². The number of benzene rings is 2. The van der Waals surface area contributed by atoms with Crippen LogP contribution >= 0.6 is 0 Å². The normalized spacial score (nSPS) is 13.1. The number of anilines is 2. The maximum atomic E-state index is 12.4. The summed E-state index contributed by atoms with van der Waals surface area (Å²) in [5.41, 5.74) is 1.24. The van der Waals surface area contributed by atoms with Crippen LogP contribution in [0.1, 0.15) is 5.56 Å². The van der Waals surface area contributed by atoms with E-state index in [0.29, 0.717) is 22.7 Å². The second kappa shape index (κ2) is 7.64. The monoisotopic (exact) mass is 360 g/mol. The summed E-state index contributed by atoms with van der Waals surface area (Å²) in [4.78, 5) is 23.4. The Bertz CT molecular complexity index is 868. The molecule has 0 saturated carbocycles. The van der Waals surface area contributed by atoms with Crippen LogP contribution in [-0.4, -0.2) is 25.0 Å². The molecule has 0 unspecified atom stereocenters. The maximum absolute atomic E-state index is 12.4. The Morgan fingerprint density at radius 1 is 1.27 bits per heavy atom. The number of alkyl halides is 2. The summed E-state index contributed by atoms with van der Waals surface area (Å²) in [6.45, 7) is -3.01. The standard InChI is InChI=1S/C18H14F2N2O4/c19-18(20)26-14-4-2-1-3-11(14)5-8-16(23)21-12-6-7-15-13(9-12)22-17(24)10-25-15/h1-9,18H,10H2,(H,21,23)(H,22,24)/b8-5+. The number of carbonyl (C=O) groups is 2. The van der Waals surface area contributed by atoms with Gasteiger partial charge in [0.2, 0.25) is 5.91 Å². The molecule has 2 aromatic carbocycles. The Morgan fingerprint density at radius 3 is 2.88 bits per heavy atom. The number of nitrogens with one attached hydrogen (secondary N) is 2. The van der Waals surface area contributed by atoms with Crippen LogP contribution in [-0.2, 0) is 9.59 Å². The van der Waals surface area contributed by atoms with E-state index in [9.17, 15) is 18.4 Å². The van der Waals surface area contributed by atoms with Crippen molar-refractivity contribution in [2.75, 3.05) is 17.2 Å². The second-order valence-electron chi connectivity index (χ2n) is 5.29. The molecule has 2 aromatic rings. The van der Waals surface area contributed by atoms with Gasteiger partial charge in [-0.2, -0.15) is 8.78 Å². The van der Waals surface area contributed by atoms with Crippen LogP contribution in [0.4, 0.5) is 20.2 Å². The molecule has 0 bridgehead atoms. The van der Waals surface area contributed by atoms with E-state index in [4.69, 9.17) is 4.74 Å². The van der Waals surface area contributed by atoms with Crippen LogP contribution in [0, 0.1) is 0 Å². The van der Waals surface area contributed by atoms with Gasteiger partial charge in [-0.3, -0.25) is 9.59 Å². The molecular weight excluding hydrogens is 346 g/mol. The number of amides is 2. The van der Waals surface area contributed by atoms with Gasteiger partial charge in [0, 0.05) is 17.3 Å². The van der Waals surface area contributed by atoms with Gasteiger partial charge in [-0.25, -0.2) is 0 Å². The predicted molar refractivity (Wildman–Crippen MR) is 91.3 cm³/mol. The topological polar surface area (TPSA) is 76.7 Å². The number of hydrogen-bond donors (Lipinski definition) is 2. The molecule has 134 valence electrons. The van der Waals surface area contributed by atoms with Crippen molar-refractivity contribution in [3.8, 4) is 11.5 Å². The molecule has 1 heterocycles. The number of rotatable bonds is 5. The third kappa shape index (κ3) is 4.35. The first-order chi connectivity index (χ1) is 12.5. The summed E-state index contributed by atoms with van der Waals surface area (Å²) in [5.74, 6) is -0.271. The molecule has 6 nitrogen and oxygen atoms in total. The number of hydrogen-bond acceptors (Lipinski definition) is 4. The van der Waals surface area contributed by atoms with Gasteiger partial charge in [0.05, 0.1) is 5.69 Å². The smallest absolute Gasteiger partial charge is 0.387 e. The Labute approximate surface area is 147 Å². The molecule has 0 spiro atoms. The molecular formula is C18H14F2N2O4. The summed E-state index contributed by atoms with van der Waals surface area (Å²) < 4.78 is 34.4. The number of fused-ring (bicyclic) bond motifs is 1. The van der Waals surface area contributed by atoms with Gasteiger partial charge in [0.15, 0.2) is 6.61 Å². The SMILES string of the molecule is O=C(/C=C/c1ccccc1OC(F)F)Nc1ccc2c(c1)NC(=O)CO2. The van der Waals surface area contributed by atoms with E-state index in [-0.39, 0.29) is 18.3 Å². The van der Waals surface area contributed by atoms with Crippen LogP contribution < -0.4 is 20.1 Å². The minimum absolute atomic E-state index is 0.0276. The molecule has 26 heavy (non-hydrogen) atoms. The molecule has 2 amide bonds. The quantitative estimate of drug-likeness (QED) is 0.803. The highest BCUT2D eigenvalue weighted by Gasteiger charge is 2.16. The van der Waals surface area contributed by atoms with Gasteiger partial charge in [-0.05, 0) is 30.3 Å². The third-order valence-electron chi connectivity index (χ3n) is 3.43. The third-order valence-corrected chi connectivity index (χ3v) is 3.43. The van der Waals surface area contributed by atoms with Gasteiger partial charge in [-0.1, -0.05) is 18.2 Å². The molecule has 3 rings (SSSR count). The van der Waals surface area contributed by atoms with Crippen LogP contribution in [0.25, 0.3) is 6.08 Å². The first kappa shape index (κ1) is 17.4. The maximum Gasteiger partial charge on any atom is 0.387 e. The summed E-state index contributed by atoms with van der Waals surface area (Å²) >= 11 is 0. The fourth-order valence-electron chi connectivity index (χ4n) is 2.33. The zero-order chi connectivity index (χ0) is 18.5. The van der Waals surface area contributed by atoms with Gasteiger partial charge >= 0.3 is 6.61 Å². The average Bonchev–Trinajstić information content (AvgIpc) is 2.60. The number of ether oxygens (including phenoxy) is 2. The van der Waals surface area contributed by atoms with Gasteiger partial charge in [0.1, 0.15) is 11.5 Å². The van der Waals surface area contributed by atoms with Crippen LogP contribution in [0.3, 0.4) is 0 Å². The van der Waals surface area contributed by atoms with Crippen molar-refractivity contribution in [1.82, 2.24) is 0 Å². The van der Waals surface area contributed by atoms with E-state index in [1.807, 2.05) is 0 Å². The molecule has 0 aromatic heterocycles. The predicted octanol–water partition coefficient (Wildman–Crippen LogP) is 3.27. The minimum atomic E-state index is -2.95. The lowest BCUT2D eigenvalue weighted by atomic mass is 10.2. The van der Waals surface area contributed by atoms with Crippen molar-refractivity contribution in [2.45, 2.75) is 6.61 Å². The van der Waals surface area contributed by atoms with Gasteiger partial charge < -0.3 is 20.1 Å². The summed E-state index contributed by atoms with van der Waals surface area (Å²) in [5, 5.41) is 5.25. The first-order valence-corrected chi connectivity index (χ1v) is 7.61. The molecule has 8 heteroatoms. The van der Waals surface area contributed by atoms with E-state index in [2.05, 4.69) is 15.4 Å². The highest BCUT2D eigenvalue weighted by atomic mass is 19.3. The number of para-hydroxylation sites is 1. The van der Waals surface area contributed by atoms with Crippen LogP contribution in [0.5, 0.6) is 11.5 Å². The van der Waals surface area contributed by atoms with Crippen molar-refractivity contribution in [1.29, 1.82) is 0 Å². The highest BCUT2D eigenvalue weighted by molar-refractivity contribution is 6.03. The highest BCUT2D eigenvalue weighted by Crippen LogP contribution is 2.30. The largest absolute Gasteiger partial charge is 0.482 e. The zero-order valence-electron chi connectivity index (χ0n) is 13.4. The average molecular weight is 360 g/mol. The van der Waals surface area contributed by atoms with Crippen molar-refractivity contribution in [3.05, 3.63) is 54.1 Å².